The summed E-state index contributed by atoms with van der Waals surface area (Å²) in [5.74, 6) is -4.80. The lowest BCUT2D eigenvalue weighted by atomic mass is 10.0. The highest BCUT2D eigenvalue weighted by Gasteiger charge is 2.32. The van der Waals surface area contributed by atoms with Crippen LogP contribution in [0.4, 0.5) is 0 Å². The molecule has 5 unspecified atom stereocenters. The van der Waals surface area contributed by atoms with Crippen LogP contribution >= 0.6 is 0 Å². The van der Waals surface area contributed by atoms with E-state index < -0.39 is 66.3 Å². The predicted molar refractivity (Wildman–Crippen MR) is 119 cm³/mol. The molecule has 4 amide bonds. The van der Waals surface area contributed by atoms with Crippen molar-refractivity contribution in [2.75, 3.05) is 0 Å². The number of nitrogens with zero attached hydrogens (tertiary/aromatic N) is 1. The number of imidazole rings is 1. The van der Waals surface area contributed by atoms with Gasteiger partial charge in [0.05, 0.1) is 18.9 Å². The number of carboxylic acids is 1. The zero-order valence-corrected chi connectivity index (χ0v) is 19.3. The number of carboxylic acid groups (broad SMARTS) is 1. The summed E-state index contributed by atoms with van der Waals surface area (Å²) in [4.78, 5) is 67.3. The quantitative estimate of drug-likeness (QED) is 0.135. The molecule has 14 nitrogen and oxygen atoms in total. The molecule has 0 spiro atoms. The van der Waals surface area contributed by atoms with Gasteiger partial charge in [-0.25, -0.2) is 9.78 Å². The molecular weight excluding hydrogens is 450 g/mol. The van der Waals surface area contributed by atoms with E-state index in [1.807, 2.05) is 13.8 Å². The van der Waals surface area contributed by atoms with Gasteiger partial charge in [0.1, 0.15) is 24.2 Å². The maximum Gasteiger partial charge on any atom is 0.326 e. The van der Waals surface area contributed by atoms with E-state index in [9.17, 15) is 34.2 Å². The van der Waals surface area contributed by atoms with Crippen molar-refractivity contribution in [1.29, 1.82) is 0 Å². The normalized spacial score (nSPS) is 15.5. The van der Waals surface area contributed by atoms with Gasteiger partial charge in [-0.2, -0.15) is 0 Å². The standard InChI is InChI=1S/C20H33N7O7/c1-9(2)4-12(26-19(32)16(22)10(3)28)17(30)25-13(5-11-7-23-8-24-11)18(31)27-14(20(33)34)6-15(21)29/h7-10,12-14,16,28H,4-6,22H2,1-3H3,(H2,21,29)(H,23,24)(H,25,30)(H,26,32)(H,27,31)(H,33,34). The zero-order valence-electron chi connectivity index (χ0n) is 19.3. The number of rotatable bonds is 14. The summed E-state index contributed by atoms with van der Waals surface area (Å²) in [6, 6.07) is -5.23. The molecule has 0 bridgehead atoms. The van der Waals surface area contributed by atoms with Gasteiger partial charge in [-0.1, -0.05) is 13.8 Å². The first-order valence-corrected chi connectivity index (χ1v) is 10.6. The number of aliphatic carboxylic acids is 1. The van der Waals surface area contributed by atoms with Gasteiger partial charge in [0.25, 0.3) is 0 Å². The van der Waals surface area contributed by atoms with Gasteiger partial charge >= 0.3 is 5.97 Å². The predicted octanol–water partition coefficient (Wildman–Crippen LogP) is -2.88. The number of aromatic amines is 1. The Balaban J connectivity index is 3.08. The summed E-state index contributed by atoms with van der Waals surface area (Å²) in [7, 11) is 0. The third kappa shape index (κ3) is 9.54. The molecule has 0 aromatic carbocycles. The number of nitrogens with one attached hydrogen (secondary N) is 4. The monoisotopic (exact) mass is 483 g/mol. The van der Waals surface area contributed by atoms with E-state index in [1.165, 1.54) is 19.4 Å². The number of carbonyl (C=O) groups excluding carboxylic acids is 4. The van der Waals surface area contributed by atoms with Crippen molar-refractivity contribution in [2.24, 2.45) is 17.4 Å². The number of amides is 4. The van der Waals surface area contributed by atoms with Crippen molar-refractivity contribution in [3.05, 3.63) is 18.2 Å². The van der Waals surface area contributed by atoms with Crippen molar-refractivity contribution in [2.45, 2.75) is 70.3 Å². The minimum Gasteiger partial charge on any atom is -0.480 e. The van der Waals surface area contributed by atoms with Crippen molar-refractivity contribution in [3.8, 4) is 0 Å². The Morgan fingerprint density at radius 2 is 1.56 bits per heavy atom. The molecule has 10 N–H and O–H groups in total. The topological polar surface area (TPSA) is 243 Å². The average Bonchev–Trinajstić information content (AvgIpc) is 3.23. The van der Waals surface area contributed by atoms with E-state index >= 15 is 0 Å². The fraction of sp³-hybridized carbons (Fsp3) is 0.600. The molecule has 14 heteroatoms. The lowest BCUT2D eigenvalue weighted by molar-refractivity contribution is -0.143. The summed E-state index contributed by atoms with van der Waals surface area (Å²) in [6.45, 7) is 4.96. The maximum atomic E-state index is 13.0. The number of carbonyl (C=O) groups is 5. The summed E-state index contributed by atoms with van der Waals surface area (Å²) >= 11 is 0. The van der Waals surface area contributed by atoms with Crippen LogP contribution in [-0.4, -0.2) is 80.1 Å². The molecule has 1 rings (SSSR count). The molecule has 0 saturated carbocycles. The minimum atomic E-state index is -1.60. The third-order valence-electron chi connectivity index (χ3n) is 4.79. The number of primary amides is 1. The van der Waals surface area contributed by atoms with E-state index in [0.717, 1.165) is 0 Å². The number of aliphatic hydroxyl groups is 1. The lowest BCUT2D eigenvalue weighted by Crippen LogP contribution is -2.59. The minimum absolute atomic E-state index is 0.0364. The summed E-state index contributed by atoms with van der Waals surface area (Å²) in [5, 5.41) is 26.0. The third-order valence-corrected chi connectivity index (χ3v) is 4.79. The Morgan fingerprint density at radius 3 is 2.03 bits per heavy atom. The van der Waals surface area contributed by atoms with Gasteiger partial charge in [0, 0.05) is 18.3 Å². The molecule has 1 aromatic heterocycles. The van der Waals surface area contributed by atoms with E-state index in [4.69, 9.17) is 11.5 Å². The Kier molecular flexibility index (Phi) is 11.1. The van der Waals surface area contributed by atoms with E-state index in [1.54, 1.807) is 0 Å². The molecule has 34 heavy (non-hydrogen) atoms. The number of nitrogens with two attached hydrogens (primary N) is 2. The highest BCUT2D eigenvalue weighted by molar-refractivity contribution is 5.95. The molecule has 0 aliphatic heterocycles. The molecule has 0 radical (unpaired) electrons. The molecular formula is C20H33N7O7. The van der Waals surface area contributed by atoms with Crippen LogP contribution in [0, 0.1) is 5.92 Å². The smallest absolute Gasteiger partial charge is 0.326 e. The Labute approximate surface area is 196 Å². The lowest BCUT2D eigenvalue weighted by Gasteiger charge is -2.26. The van der Waals surface area contributed by atoms with Crippen LogP contribution in [-0.2, 0) is 30.4 Å². The van der Waals surface area contributed by atoms with Gasteiger partial charge < -0.3 is 42.6 Å². The van der Waals surface area contributed by atoms with Crippen molar-refractivity contribution >= 4 is 29.6 Å². The fourth-order valence-electron chi connectivity index (χ4n) is 2.96. The number of aliphatic hydroxyl groups excluding tert-OH is 1. The second-order valence-corrected chi connectivity index (χ2v) is 8.37. The van der Waals surface area contributed by atoms with Crippen molar-refractivity contribution < 1.29 is 34.2 Å². The summed E-state index contributed by atoms with van der Waals surface area (Å²) in [6.07, 6.45) is 1.09. The van der Waals surface area contributed by atoms with Gasteiger partial charge in [-0.3, -0.25) is 19.2 Å². The van der Waals surface area contributed by atoms with Crippen LogP contribution in [0.15, 0.2) is 12.5 Å². The molecule has 0 fully saturated rings. The Bertz CT molecular complexity index is 857. The first-order chi connectivity index (χ1) is 15.8. The highest BCUT2D eigenvalue weighted by atomic mass is 16.4. The zero-order chi connectivity index (χ0) is 26.0. The summed E-state index contributed by atoms with van der Waals surface area (Å²) in [5.41, 5.74) is 11.1. The van der Waals surface area contributed by atoms with E-state index in [-0.39, 0.29) is 18.8 Å². The average molecular weight is 484 g/mol. The fourth-order valence-corrected chi connectivity index (χ4v) is 2.96. The molecule has 0 aliphatic carbocycles. The Hall–Kier alpha value is -3.52. The highest BCUT2D eigenvalue weighted by Crippen LogP contribution is 2.08. The Morgan fingerprint density at radius 1 is 1.00 bits per heavy atom. The molecule has 0 aliphatic rings. The SMILES string of the molecule is CC(C)CC(NC(=O)C(N)C(C)O)C(=O)NC(Cc1cnc[nH]1)C(=O)NC(CC(N)=O)C(=O)O. The van der Waals surface area contributed by atoms with E-state index in [2.05, 4.69) is 25.9 Å². The van der Waals surface area contributed by atoms with Crippen LogP contribution in [0.25, 0.3) is 0 Å². The molecule has 1 heterocycles. The first kappa shape index (κ1) is 28.5. The van der Waals surface area contributed by atoms with Crippen molar-refractivity contribution in [1.82, 2.24) is 25.9 Å². The first-order valence-electron chi connectivity index (χ1n) is 10.6. The number of aromatic nitrogens is 2. The maximum absolute atomic E-state index is 13.0. The molecule has 5 atom stereocenters. The van der Waals surface area contributed by atoms with Crippen LogP contribution in [0.5, 0.6) is 0 Å². The number of H-pyrrole nitrogens is 1. The number of hydrogen-bond donors (Lipinski definition) is 8. The van der Waals surface area contributed by atoms with Gasteiger partial charge in [-0.05, 0) is 19.3 Å². The van der Waals surface area contributed by atoms with Crippen LogP contribution < -0.4 is 27.4 Å². The van der Waals surface area contributed by atoms with Gasteiger partial charge in [-0.15, -0.1) is 0 Å². The van der Waals surface area contributed by atoms with E-state index in [0.29, 0.717) is 5.69 Å². The second kappa shape index (κ2) is 13.3. The molecule has 1 aromatic rings. The largest absolute Gasteiger partial charge is 0.480 e. The summed E-state index contributed by atoms with van der Waals surface area (Å²) < 4.78 is 0. The van der Waals surface area contributed by atoms with Crippen LogP contribution in [0.3, 0.4) is 0 Å². The van der Waals surface area contributed by atoms with Crippen molar-refractivity contribution in [3.63, 3.8) is 0 Å². The van der Waals surface area contributed by atoms with Gasteiger partial charge in [0.2, 0.25) is 23.6 Å². The number of hydrogen-bond acceptors (Lipinski definition) is 8. The van der Waals surface area contributed by atoms with Crippen LogP contribution in [0.2, 0.25) is 0 Å². The molecule has 0 saturated heterocycles. The molecule has 190 valence electrons. The second-order valence-electron chi connectivity index (χ2n) is 8.37. The van der Waals surface area contributed by atoms with Gasteiger partial charge in [0.15, 0.2) is 0 Å². The van der Waals surface area contributed by atoms with Crippen LogP contribution in [0.1, 0.15) is 39.3 Å².